The van der Waals surface area contributed by atoms with Crippen LogP contribution >= 0.6 is 0 Å². The van der Waals surface area contributed by atoms with Crippen LogP contribution in [0.15, 0.2) is 24.3 Å². The Morgan fingerprint density at radius 2 is 1.95 bits per heavy atom. The SMILES string of the molecule is CC(C)(C)OC(=O)[C@@H](C(=O)O)C(N)c1cccc(F)c1. The molecule has 0 heterocycles. The molecule has 0 aliphatic carbocycles. The van der Waals surface area contributed by atoms with Crippen molar-refractivity contribution in [2.45, 2.75) is 32.4 Å². The van der Waals surface area contributed by atoms with Crippen molar-refractivity contribution in [2.75, 3.05) is 0 Å². The number of carboxylic acid groups (broad SMARTS) is 1. The highest BCUT2D eigenvalue weighted by molar-refractivity contribution is 5.95. The number of benzene rings is 1. The van der Waals surface area contributed by atoms with Crippen LogP contribution in [0.5, 0.6) is 0 Å². The van der Waals surface area contributed by atoms with Gasteiger partial charge in [0.15, 0.2) is 5.92 Å². The van der Waals surface area contributed by atoms with Crippen molar-refractivity contribution in [1.29, 1.82) is 0 Å². The van der Waals surface area contributed by atoms with Gasteiger partial charge in [-0.05, 0) is 38.5 Å². The van der Waals surface area contributed by atoms with Gasteiger partial charge in [0.2, 0.25) is 0 Å². The molecule has 0 saturated heterocycles. The zero-order valence-electron chi connectivity index (χ0n) is 11.6. The van der Waals surface area contributed by atoms with Crippen molar-refractivity contribution in [3.05, 3.63) is 35.6 Å². The molecule has 20 heavy (non-hydrogen) atoms. The number of aliphatic carboxylic acids is 1. The van der Waals surface area contributed by atoms with E-state index in [-0.39, 0.29) is 5.56 Å². The average Bonchev–Trinajstić information content (AvgIpc) is 2.25. The first-order valence-electron chi connectivity index (χ1n) is 6.08. The molecule has 0 amide bonds. The Balaban J connectivity index is 3.02. The second-order valence-corrected chi connectivity index (χ2v) is 5.43. The summed E-state index contributed by atoms with van der Waals surface area (Å²) < 4.78 is 18.2. The normalized spacial score (nSPS) is 14.4. The molecule has 0 aliphatic rings. The van der Waals surface area contributed by atoms with Crippen molar-refractivity contribution >= 4 is 11.9 Å². The number of esters is 1. The van der Waals surface area contributed by atoms with Gasteiger partial charge in [0.1, 0.15) is 11.4 Å². The standard InChI is InChI=1S/C14H18FNO4/c1-14(2,3)20-13(19)10(12(17)18)11(16)8-5-4-6-9(15)7-8/h4-7,10-11H,16H2,1-3H3,(H,17,18)/t10-,11?/m1/s1. The van der Waals surface area contributed by atoms with Gasteiger partial charge in [-0.25, -0.2) is 4.39 Å². The maximum absolute atomic E-state index is 13.1. The van der Waals surface area contributed by atoms with E-state index in [0.29, 0.717) is 0 Å². The fourth-order valence-electron chi connectivity index (χ4n) is 1.67. The zero-order chi connectivity index (χ0) is 15.5. The van der Waals surface area contributed by atoms with E-state index in [0.717, 1.165) is 6.07 Å². The molecule has 0 fully saturated rings. The summed E-state index contributed by atoms with van der Waals surface area (Å²) in [4.78, 5) is 23.2. The zero-order valence-corrected chi connectivity index (χ0v) is 11.6. The Hall–Kier alpha value is -1.95. The first kappa shape index (κ1) is 16.1. The number of nitrogens with two attached hydrogens (primary N) is 1. The van der Waals surface area contributed by atoms with Crippen LogP contribution < -0.4 is 5.73 Å². The second-order valence-electron chi connectivity index (χ2n) is 5.43. The van der Waals surface area contributed by atoms with Crippen LogP contribution in [0.1, 0.15) is 32.4 Å². The molecule has 0 spiro atoms. The topological polar surface area (TPSA) is 89.6 Å². The second kappa shape index (κ2) is 6.00. The number of halogens is 1. The lowest BCUT2D eigenvalue weighted by Gasteiger charge is -2.25. The summed E-state index contributed by atoms with van der Waals surface area (Å²) in [5, 5.41) is 9.17. The molecule has 0 bridgehead atoms. The van der Waals surface area contributed by atoms with E-state index in [1.54, 1.807) is 20.8 Å². The summed E-state index contributed by atoms with van der Waals surface area (Å²) in [6, 6.07) is 4.00. The fourth-order valence-corrected chi connectivity index (χ4v) is 1.67. The maximum atomic E-state index is 13.1. The van der Waals surface area contributed by atoms with Gasteiger partial charge in [-0.1, -0.05) is 12.1 Å². The molecule has 5 nitrogen and oxygen atoms in total. The van der Waals surface area contributed by atoms with E-state index in [9.17, 15) is 14.0 Å². The van der Waals surface area contributed by atoms with Crippen molar-refractivity contribution in [1.82, 2.24) is 0 Å². The summed E-state index contributed by atoms with van der Waals surface area (Å²) in [5.41, 5.74) is 5.18. The highest BCUT2D eigenvalue weighted by atomic mass is 19.1. The molecule has 1 aromatic rings. The van der Waals surface area contributed by atoms with Crippen LogP contribution in [0, 0.1) is 11.7 Å². The number of carboxylic acids is 1. The molecule has 1 rings (SSSR count). The third kappa shape index (κ3) is 4.31. The van der Waals surface area contributed by atoms with Gasteiger partial charge >= 0.3 is 11.9 Å². The number of hydrogen-bond donors (Lipinski definition) is 2. The van der Waals surface area contributed by atoms with Crippen LogP contribution in [0.3, 0.4) is 0 Å². The van der Waals surface area contributed by atoms with Gasteiger partial charge in [-0.3, -0.25) is 9.59 Å². The predicted octanol–water partition coefficient (Wildman–Crippen LogP) is 1.87. The molecule has 0 radical (unpaired) electrons. The van der Waals surface area contributed by atoms with Gasteiger partial charge in [0.25, 0.3) is 0 Å². The highest BCUT2D eigenvalue weighted by Gasteiger charge is 2.37. The van der Waals surface area contributed by atoms with E-state index in [2.05, 4.69) is 0 Å². The smallest absolute Gasteiger partial charge is 0.322 e. The summed E-state index contributed by atoms with van der Waals surface area (Å²) in [6.45, 7) is 4.87. The Kier molecular flexibility index (Phi) is 4.83. The molecule has 0 aliphatic heterocycles. The number of ether oxygens (including phenoxy) is 1. The minimum atomic E-state index is -1.59. The van der Waals surface area contributed by atoms with Crippen molar-refractivity contribution in [3.63, 3.8) is 0 Å². The van der Waals surface area contributed by atoms with Gasteiger partial charge in [-0.2, -0.15) is 0 Å². The van der Waals surface area contributed by atoms with Crippen LogP contribution in [0.25, 0.3) is 0 Å². The summed E-state index contributed by atoms with van der Waals surface area (Å²) in [7, 11) is 0. The summed E-state index contributed by atoms with van der Waals surface area (Å²) in [5.74, 6) is -4.49. The van der Waals surface area contributed by atoms with Crippen molar-refractivity contribution in [2.24, 2.45) is 11.7 Å². The molecular weight excluding hydrogens is 265 g/mol. The van der Waals surface area contributed by atoms with Gasteiger partial charge < -0.3 is 15.6 Å². The number of rotatable bonds is 4. The fraction of sp³-hybridized carbons (Fsp3) is 0.429. The van der Waals surface area contributed by atoms with E-state index < -0.39 is 35.3 Å². The lowest BCUT2D eigenvalue weighted by atomic mass is 9.93. The number of carbonyl (C=O) groups is 2. The molecule has 6 heteroatoms. The Bertz CT molecular complexity index is 510. The minimum Gasteiger partial charge on any atom is -0.481 e. The van der Waals surface area contributed by atoms with E-state index in [4.69, 9.17) is 15.6 Å². The van der Waals surface area contributed by atoms with E-state index in [1.165, 1.54) is 18.2 Å². The van der Waals surface area contributed by atoms with Crippen molar-refractivity contribution < 1.29 is 23.8 Å². The Morgan fingerprint density at radius 1 is 1.35 bits per heavy atom. The molecule has 3 N–H and O–H groups in total. The third-order valence-corrected chi connectivity index (χ3v) is 2.52. The summed E-state index contributed by atoms with van der Waals surface area (Å²) >= 11 is 0. The predicted molar refractivity (Wildman–Crippen MR) is 70.3 cm³/mol. The molecule has 1 aromatic carbocycles. The van der Waals surface area contributed by atoms with Crippen LogP contribution in [-0.2, 0) is 14.3 Å². The quantitative estimate of drug-likeness (QED) is 0.650. The largest absolute Gasteiger partial charge is 0.481 e. The van der Waals surface area contributed by atoms with Crippen molar-refractivity contribution in [3.8, 4) is 0 Å². The average molecular weight is 283 g/mol. The highest BCUT2D eigenvalue weighted by Crippen LogP contribution is 2.24. The van der Waals surface area contributed by atoms with E-state index >= 15 is 0 Å². The molecule has 0 saturated carbocycles. The molecular formula is C14H18FNO4. The molecule has 1 unspecified atom stereocenters. The molecule has 0 aromatic heterocycles. The Labute approximate surface area is 116 Å². The maximum Gasteiger partial charge on any atom is 0.322 e. The van der Waals surface area contributed by atoms with Crippen LogP contribution in [0.4, 0.5) is 4.39 Å². The number of carbonyl (C=O) groups excluding carboxylic acids is 1. The van der Waals surface area contributed by atoms with Gasteiger partial charge in [0, 0.05) is 0 Å². The summed E-state index contributed by atoms with van der Waals surface area (Å²) in [6.07, 6.45) is 0. The number of hydrogen-bond acceptors (Lipinski definition) is 4. The third-order valence-electron chi connectivity index (χ3n) is 2.52. The van der Waals surface area contributed by atoms with Crippen LogP contribution in [0.2, 0.25) is 0 Å². The Morgan fingerprint density at radius 3 is 2.40 bits per heavy atom. The lowest BCUT2D eigenvalue weighted by Crippen LogP contribution is -2.39. The minimum absolute atomic E-state index is 0.225. The van der Waals surface area contributed by atoms with Gasteiger partial charge in [-0.15, -0.1) is 0 Å². The first-order valence-corrected chi connectivity index (χ1v) is 6.08. The molecule has 110 valence electrons. The monoisotopic (exact) mass is 283 g/mol. The lowest BCUT2D eigenvalue weighted by molar-refractivity contribution is -0.167. The van der Waals surface area contributed by atoms with Crippen LogP contribution in [-0.4, -0.2) is 22.6 Å². The van der Waals surface area contributed by atoms with E-state index in [1.807, 2.05) is 0 Å². The first-order chi connectivity index (χ1) is 9.11. The molecule has 2 atom stereocenters. The van der Waals surface area contributed by atoms with Gasteiger partial charge in [0.05, 0.1) is 6.04 Å².